The molecule has 0 saturated carbocycles. The molecule has 1 aromatic carbocycles. The summed E-state index contributed by atoms with van der Waals surface area (Å²) in [4.78, 5) is 17.7. The molecule has 0 aliphatic carbocycles. The number of nitrogens with zero attached hydrogens (tertiary/aromatic N) is 3. The molecule has 1 N–H and O–H groups in total. The van der Waals surface area contributed by atoms with E-state index in [2.05, 4.69) is 9.88 Å². The lowest BCUT2D eigenvalue weighted by atomic mass is 10.3. The standard InChI is InChI=1S/C13H15N3O3/c17-12(18)9-16-11-4-2-1-3-10(11)14-13(16)15-5-7-19-8-6-15/h1-4H,5-9H2,(H,17,18). The van der Waals surface area contributed by atoms with E-state index >= 15 is 0 Å². The molecule has 1 saturated heterocycles. The van der Waals surface area contributed by atoms with Crippen molar-refractivity contribution in [3.05, 3.63) is 24.3 Å². The van der Waals surface area contributed by atoms with Crippen LogP contribution in [-0.4, -0.2) is 46.9 Å². The van der Waals surface area contributed by atoms with Crippen LogP contribution in [0.15, 0.2) is 24.3 Å². The first-order valence-electron chi connectivity index (χ1n) is 6.25. The highest BCUT2D eigenvalue weighted by molar-refractivity contribution is 5.81. The van der Waals surface area contributed by atoms with Gasteiger partial charge in [-0.25, -0.2) is 4.98 Å². The maximum Gasteiger partial charge on any atom is 0.323 e. The predicted molar refractivity (Wildman–Crippen MR) is 70.4 cm³/mol. The minimum Gasteiger partial charge on any atom is -0.480 e. The Hall–Kier alpha value is -2.08. The quantitative estimate of drug-likeness (QED) is 0.891. The van der Waals surface area contributed by atoms with E-state index in [1.54, 1.807) is 4.57 Å². The van der Waals surface area contributed by atoms with Crippen LogP contribution in [-0.2, 0) is 16.1 Å². The molecule has 0 unspecified atom stereocenters. The average Bonchev–Trinajstić information content (AvgIpc) is 2.78. The molecule has 19 heavy (non-hydrogen) atoms. The van der Waals surface area contributed by atoms with Crippen molar-refractivity contribution in [2.75, 3.05) is 31.2 Å². The molecule has 0 atom stereocenters. The molecular formula is C13H15N3O3. The van der Waals surface area contributed by atoms with Gasteiger partial charge in [-0.1, -0.05) is 12.1 Å². The fourth-order valence-corrected chi connectivity index (χ4v) is 2.36. The van der Waals surface area contributed by atoms with E-state index in [-0.39, 0.29) is 6.54 Å². The van der Waals surface area contributed by atoms with Crippen molar-refractivity contribution >= 4 is 23.0 Å². The Balaban J connectivity index is 2.07. The van der Waals surface area contributed by atoms with Crippen LogP contribution in [0.5, 0.6) is 0 Å². The van der Waals surface area contributed by atoms with Crippen LogP contribution in [0.4, 0.5) is 5.95 Å². The van der Waals surface area contributed by atoms with Crippen LogP contribution in [0.2, 0.25) is 0 Å². The summed E-state index contributed by atoms with van der Waals surface area (Å²) in [6.45, 7) is 2.70. The Morgan fingerprint density at radius 3 is 2.79 bits per heavy atom. The summed E-state index contributed by atoms with van der Waals surface area (Å²) in [5, 5.41) is 9.08. The first-order chi connectivity index (χ1) is 9.25. The molecule has 6 heteroatoms. The number of imidazole rings is 1. The number of ether oxygens (including phenoxy) is 1. The summed E-state index contributed by atoms with van der Waals surface area (Å²) in [6, 6.07) is 7.60. The van der Waals surface area contributed by atoms with Crippen molar-refractivity contribution in [2.24, 2.45) is 0 Å². The zero-order valence-electron chi connectivity index (χ0n) is 10.5. The van der Waals surface area contributed by atoms with Gasteiger partial charge in [0.05, 0.1) is 24.2 Å². The van der Waals surface area contributed by atoms with Crippen molar-refractivity contribution in [3.8, 4) is 0 Å². The molecule has 2 heterocycles. The number of carbonyl (C=O) groups is 1. The molecule has 1 aromatic heterocycles. The fourth-order valence-electron chi connectivity index (χ4n) is 2.36. The molecule has 100 valence electrons. The second-order valence-electron chi connectivity index (χ2n) is 4.48. The minimum absolute atomic E-state index is 0.0762. The Bertz CT molecular complexity index is 602. The topological polar surface area (TPSA) is 67.6 Å². The van der Waals surface area contributed by atoms with Gasteiger partial charge in [0.15, 0.2) is 0 Å². The zero-order valence-corrected chi connectivity index (χ0v) is 10.5. The first kappa shape index (κ1) is 12.0. The lowest BCUT2D eigenvalue weighted by Gasteiger charge is -2.28. The number of morpholine rings is 1. The van der Waals surface area contributed by atoms with Gasteiger partial charge < -0.3 is 14.7 Å². The molecule has 0 radical (unpaired) electrons. The highest BCUT2D eigenvalue weighted by Crippen LogP contribution is 2.23. The first-order valence-corrected chi connectivity index (χ1v) is 6.25. The van der Waals surface area contributed by atoms with Crippen LogP contribution in [0.25, 0.3) is 11.0 Å². The number of aromatic nitrogens is 2. The number of carboxylic acid groups (broad SMARTS) is 1. The lowest BCUT2D eigenvalue weighted by molar-refractivity contribution is -0.137. The molecule has 6 nitrogen and oxygen atoms in total. The lowest BCUT2D eigenvalue weighted by Crippen LogP contribution is -2.38. The fraction of sp³-hybridized carbons (Fsp3) is 0.385. The summed E-state index contributed by atoms with van der Waals surface area (Å²) in [7, 11) is 0. The molecule has 0 spiro atoms. The normalized spacial score (nSPS) is 15.9. The van der Waals surface area contributed by atoms with E-state index in [0.29, 0.717) is 19.2 Å². The zero-order chi connectivity index (χ0) is 13.2. The molecule has 1 aliphatic heterocycles. The minimum atomic E-state index is -0.863. The Labute approximate surface area is 110 Å². The van der Waals surface area contributed by atoms with Crippen molar-refractivity contribution in [1.29, 1.82) is 0 Å². The molecule has 3 rings (SSSR count). The van der Waals surface area contributed by atoms with E-state index in [4.69, 9.17) is 9.84 Å². The average molecular weight is 261 g/mol. The largest absolute Gasteiger partial charge is 0.480 e. The van der Waals surface area contributed by atoms with Crippen LogP contribution < -0.4 is 4.90 Å². The SMILES string of the molecule is O=C(O)Cn1c(N2CCOCC2)nc2ccccc21. The van der Waals surface area contributed by atoms with Crippen molar-refractivity contribution in [1.82, 2.24) is 9.55 Å². The maximum atomic E-state index is 11.1. The summed E-state index contributed by atoms with van der Waals surface area (Å²) in [5.74, 6) is -0.149. The second-order valence-corrected chi connectivity index (χ2v) is 4.48. The van der Waals surface area contributed by atoms with Gasteiger partial charge in [0.1, 0.15) is 6.54 Å². The smallest absolute Gasteiger partial charge is 0.323 e. The van der Waals surface area contributed by atoms with Crippen molar-refractivity contribution in [2.45, 2.75) is 6.54 Å². The van der Waals surface area contributed by atoms with Crippen molar-refractivity contribution in [3.63, 3.8) is 0 Å². The third-order valence-corrected chi connectivity index (χ3v) is 3.22. The maximum absolute atomic E-state index is 11.1. The van der Waals surface area contributed by atoms with Crippen molar-refractivity contribution < 1.29 is 14.6 Å². The van der Waals surface area contributed by atoms with E-state index in [1.807, 2.05) is 24.3 Å². The molecule has 1 fully saturated rings. The monoisotopic (exact) mass is 261 g/mol. The summed E-state index contributed by atoms with van der Waals surface area (Å²) in [6.07, 6.45) is 0. The van der Waals surface area contributed by atoms with Gasteiger partial charge in [-0.15, -0.1) is 0 Å². The number of carboxylic acids is 1. The number of benzene rings is 1. The summed E-state index contributed by atoms with van der Waals surface area (Å²) >= 11 is 0. The van der Waals surface area contributed by atoms with E-state index in [9.17, 15) is 4.79 Å². The van der Waals surface area contributed by atoms with Gasteiger partial charge in [0, 0.05) is 13.1 Å². The number of para-hydroxylation sites is 2. The number of hydrogen-bond donors (Lipinski definition) is 1. The third-order valence-electron chi connectivity index (χ3n) is 3.22. The van der Waals surface area contributed by atoms with Crippen LogP contribution >= 0.6 is 0 Å². The van der Waals surface area contributed by atoms with Gasteiger partial charge in [0.2, 0.25) is 5.95 Å². The van der Waals surface area contributed by atoms with Gasteiger partial charge in [-0.05, 0) is 12.1 Å². The number of anilines is 1. The molecule has 0 bridgehead atoms. The Morgan fingerprint density at radius 2 is 2.05 bits per heavy atom. The highest BCUT2D eigenvalue weighted by Gasteiger charge is 2.20. The molecule has 2 aromatic rings. The van der Waals surface area contributed by atoms with Gasteiger partial charge in [-0.3, -0.25) is 9.36 Å². The number of fused-ring (bicyclic) bond motifs is 1. The second kappa shape index (κ2) is 4.89. The molecule has 1 aliphatic rings. The predicted octanol–water partition coefficient (Wildman–Crippen LogP) is 0.958. The van der Waals surface area contributed by atoms with E-state index < -0.39 is 5.97 Å². The summed E-state index contributed by atoms with van der Waals surface area (Å²) in [5.41, 5.74) is 1.68. The molecular weight excluding hydrogens is 246 g/mol. The van der Waals surface area contributed by atoms with E-state index in [1.165, 1.54) is 0 Å². The Kier molecular flexibility index (Phi) is 3.08. The van der Waals surface area contributed by atoms with Crippen LogP contribution in [0, 0.1) is 0 Å². The van der Waals surface area contributed by atoms with Gasteiger partial charge in [0.25, 0.3) is 0 Å². The Morgan fingerprint density at radius 1 is 1.32 bits per heavy atom. The van der Waals surface area contributed by atoms with Gasteiger partial charge in [-0.2, -0.15) is 0 Å². The van der Waals surface area contributed by atoms with Gasteiger partial charge >= 0.3 is 5.97 Å². The number of hydrogen-bond acceptors (Lipinski definition) is 4. The van der Waals surface area contributed by atoms with Crippen LogP contribution in [0.1, 0.15) is 0 Å². The number of rotatable bonds is 3. The van der Waals surface area contributed by atoms with Crippen LogP contribution in [0.3, 0.4) is 0 Å². The number of aliphatic carboxylic acids is 1. The molecule has 0 amide bonds. The van der Waals surface area contributed by atoms with E-state index in [0.717, 1.165) is 24.1 Å². The summed E-state index contributed by atoms with van der Waals surface area (Å²) < 4.78 is 7.07. The highest BCUT2D eigenvalue weighted by atomic mass is 16.5. The third kappa shape index (κ3) is 2.26.